The summed E-state index contributed by atoms with van der Waals surface area (Å²) in [5, 5.41) is 12.6. The Kier molecular flexibility index (Phi) is 8.96. The first-order valence-corrected chi connectivity index (χ1v) is 16.5. The second-order valence-corrected chi connectivity index (χ2v) is 13.7. The fraction of sp³-hybridized carbons (Fsp3) is 0.333. The lowest BCUT2D eigenvalue weighted by Crippen LogP contribution is -2.65. The molecule has 2 N–H and O–H groups in total. The minimum absolute atomic E-state index is 0.0139. The smallest absolute Gasteiger partial charge is 0.255 e. The van der Waals surface area contributed by atoms with Crippen LogP contribution in [-0.2, 0) is 25.8 Å². The van der Waals surface area contributed by atoms with Crippen molar-refractivity contribution in [2.45, 2.75) is 42.3 Å². The lowest BCUT2D eigenvalue weighted by molar-refractivity contribution is -0.147. The molecule has 2 bridgehead atoms. The number of sulfone groups is 1. The molecular weight excluding hydrogens is 596 g/mol. The molecule has 3 aromatic rings. The molecule has 0 aromatic heterocycles. The summed E-state index contributed by atoms with van der Waals surface area (Å²) in [7, 11) is 0.0979. The number of likely N-dealkylation sites (tertiary alicyclic amines) is 2. The average molecular weight is 633 g/mol. The molecule has 5 rings (SSSR count). The molecule has 236 valence electrons. The molecule has 2 saturated heterocycles. The van der Waals surface area contributed by atoms with E-state index in [1.54, 1.807) is 48.5 Å². The third kappa shape index (κ3) is 6.85. The maximum absolute atomic E-state index is 14.1. The highest BCUT2D eigenvalue weighted by molar-refractivity contribution is 7.90. The molecule has 0 spiro atoms. The van der Waals surface area contributed by atoms with Crippen molar-refractivity contribution < 1.29 is 32.7 Å². The highest BCUT2D eigenvalue weighted by Gasteiger charge is 2.46. The summed E-state index contributed by atoms with van der Waals surface area (Å²) in [5.41, 5.74) is 2.01. The van der Waals surface area contributed by atoms with Gasteiger partial charge in [-0.2, -0.15) is 0 Å². The third-order valence-electron chi connectivity index (χ3n) is 8.40. The van der Waals surface area contributed by atoms with Crippen LogP contribution >= 0.6 is 0 Å². The molecule has 3 amide bonds. The molecule has 1 unspecified atom stereocenters. The molecule has 3 atom stereocenters. The van der Waals surface area contributed by atoms with Crippen LogP contribution in [0.4, 0.5) is 5.69 Å². The van der Waals surface area contributed by atoms with Crippen LogP contribution in [0.1, 0.15) is 39.1 Å². The standard InChI is InChI=1S/C33H36N4O7S/c1-35(2)23-12-10-22(11-13-23)31(40)34-27(18-21-8-14-25(38)15-9-21)33(42)36-17-16-24-19-28(36)29(39)20-37(24)32(41)26-6-4-5-7-30(26)45(3,43)44/h4-15,24,27-28,38H,16-20H2,1-3H3,(H,34,40)/t24-,27+,28?/m1/s1. The summed E-state index contributed by atoms with van der Waals surface area (Å²) >= 11 is 0. The number of nitrogens with one attached hydrogen (secondary N) is 1. The molecule has 12 heteroatoms. The van der Waals surface area contributed by atoms with Gasteiger partial charge in [-0.25, -0.2) is 8.42 Å². The SMILES string of the molecule is CN(C)c1ccc(C(=O)N[C@@H](Cc2ccc(O)cc2)C(=O)N2CC[C@@H]3CC2C(=O)CN3C(=O)c2ccccc2S(C)(=O)=O)cc1. The fourth-order valence-electron chi connectivity index (χ4n) is 5.98. The highest BCUT2D eigenvalue weighted by atomic mass is 32.2. The second-order valence-electron chi connectivity index (χ2n) is 11.7. The Hall–Kier alpha value is -4.71. The van der Waals surface area contributed by atoms with Crippen LogP contribution in [0.5, 0.6) is 5.75 Å². The van der Waals surface area contributed by atoms with Crippen LogP contribution in [-0.4, -0.2) is 98.4 Å². The van der Waals surface area contributed by atoms with E-state index in [4.69, 9.17) is 0 Å². The van der Waals surface area contributed by atoms with Gasteiger partial charge in [0.1, 0.15) is 11.8 Å². The van der Waals surface area contributed by atoms with E-state index in [-0.39, 0.29) is 54.0 Å². The predicted molar refractivity (Wildman–Crippen MR) is 168 cm³/mol. The number of carbonyl (C=O) groups excluding carboxylic acids is 4. The summed E-state index contributed by atoms with van der Waals surface area (Å²) in [5.74, 6) is -1.66. The summed E-state index contributed by atoms with van der Waals surface area (Å²) in [4.78, 5) is 59.1. The Balaban J connectivity index is 1.36. The number of fused-ring (bicyclic) bond motifs is 2. The van der Waals surface area contributed by atoms with E-state index >= 15 is 0 Å². The van der Waals surface area contributed by atoms with E-state index in [1.165, 1.54) is 34.1 Å². The van der Waals surface area contributed by atoms with E-state index < -0.39 is 39.6 Å². The third-order valence-corrected chi connectivity index (χ3v) is 9.55. The van der Waals surface area contributed by atoms with Crippen LogP contribution in [0.25, 0.3) is 0 Å². The molecule has 3 aromatic carbocycles. The minimum atomic E-state index is -3.68. The zero-order valence-electron chi connectivity index (χ0n) is 25.3. The Morgan fingerprint density at radius 2 is 1.64 bits per heavy atom. The molecule has 2 aliphatic rings. The van der Waals surface area contributed by atoms with Gasteiger partial charge in [0, 0.05) is 50.6 Å². The van der Waals surface area contributed by atoms with Crippen LogP contribution < -0.4 is 10.2 Å². The van der Waals surface area contributed by atoms with Gasteiger partial charge in [-0.15, -0.1) is 0 Å². The number of benzene rings is 3. The highest BCUT2D eigenvalue weighted by Crippen LogP contribution is 2.31. The number of aromatic hydroxyl groups is 1. The maximum atomic E-state index is 14.1. The number of piperidine rings is 2. The number of carbonyl (C=O) groups is 4. The first-order chi connectivity index (χ1) is 21.3. The lowest BCUT2D eigenvalue weighted by Gasteiger charge is -2.48. The van der Waals surface area contributed by atoms with Gasteiger partial charge in [-0.05, 0) is 66.9 Å². The molecular formula is C33H36N4O7S. The Morgan fingerprint density at radius 3 is 2.29 bits per heavy atom. The Morgan fingerprint density at radius 1 is 0.978 bits per heavy atom. The second kappa shape index (κ2) is 12.7. The van der Waals surface area contributed by atoms with E-state index in [1.807, 2.05) is 19.0 Å². The zero-order valence-corrected chi connectivity index (χ0v) is 26.2. The van der Waals surface area contributed by atoms with Crippen molar-refractivity contribution in [2.75, 3.05) is 38.3 Å². The number of phenols is 1. The zero-order chi connectivity index (χ0) is 32.5. The van der Waals surface area contributed by atoms with Gasteiger partial charge >= 0.3 is 0 Å². The van der Waals surface area contributed by atoms with Gasteiger partial charge in [-0.1, -0.05) is 24.3 Å². The average Bonchev–Trinajstić information content (AvgIpc) is 3.02. The molecule has 0 aliphatic carbocycles. The first-order valence-electron chi connectivity index (χ1n) is 14.6. The van der Waals surface area contributed by atoms with Gasteiger partial charge in [0.25, 0.3) is 11.8 Å². The van der Waals surface area contributed by atoms with Crippen molar-refractivity contribution in [1.82, 2.24) is 15.1 Å². The molecule has 45 heavy (non-hydrogen) atoms. The summed E-state index contributed by atoms with van der Waals surface area (Å²) < 4.78 is 24.7. The van der Waals surface area contributed by atoms with E-state index in [2.05, 4.69) is 5.32 Å². The minimum Gasteiger partial charge on any atom is -0.508 e. The monoisotopic (exact) mass is 632 g/mol. The van der Waals surface area contributed by atoms with Crippen molar-refractivity contribution >= 4 is 39.0 Å². The maximum Gasteiger partial charge on any atom is 0.255 e. The van der Waals surface area contributed by atoms with Crippen LogP contribution in [0.15, 0.2) is 77.7 Å². The predicted octanol–water partition coefficient (Wildman–Crippen LogP) is 2.29. The number of ketones is 1. The number of hydrogen-bond acceptors (Lipinski definition) is 8. The van der Waals surface area contributed by atoms with Gasteiger partial charge in [0.2, 0.25) is 5.91 Å². The molecule has 0 saturated carbocycles. The molecule has 2 aliphatic heterocycles. The van der Waals surface area contributed by atoms with Crippen molar-refractivity contribution in [3.05, 3.63) is 89.5 Å². The molecule has 11 nitrogen and oxygen atoms in total. The molecule has 0 radical (unpaired) electrons. The van der Waals surface area contributed by atoms with E-state index in [0.717, 1.165) is 11.9 Å². The number of hydrogen-bond donors (Lipinski definition) is 2. The molecule has 2 fully saturated rings. The van der Waals surface area contributed by atoms with Crippen molar-refractivity contribution in [3.63, 3.8) is 0 Å². The number of phenolic OH excluding ortho intramolecular Hbond substituents is 1. The Labute approximate surface area is 262 Å². The van der Waals surface area contributed by atoms with Gasteiger partial charge in [-0.3, -0.25) is 19.2 Å². The fourth-order valence-corrected chi connectivity index (χ4v) is 6.86. The lowest BCUT2D eigenvalue weighted by atomic mass is 9.87. The first kappa shape index (κ1) is 31.7. The van der Waals surface area contributed by atoms with Crippen LogP contribution in [0.3, 0.4) is 0 Å². The number of nitrogens with zero attached hydrogens (tertiary/aromatic N) is 3. The summed E-state index contributed by atoms with van der Waals surface area (Å²) in [6.45, 7) is -0.0832. The topological polar surface area (TPSA) is 144 Å². The van der Waals surface area contributed by atoms with Crippen molar-refractivity contribution in [2.24, 2.45) is 0 Å². The summed E-state index contributed by atoms with van der Waals surface area (Å²) in [6, 6.07) is 17.1. The van der Waals surface area contributed by atoms with E-state index in [9.17, 15) is 32.7 Å². The van der Waals surface area contributed by atoms with Crippen LogP contribution in [0.2, 0.25) is 0 Å². The largest absolute Gasteiger partial charge is 0.508 e. The number of Topliss-reactive ketones (excluding diaryl/α,β-unsaturated/α-hetero) is 1. The van der Waals surface area contributed by atoms with Gasteiger partial charge in [0.15, 0.2) is 15.6 Å². The van der Waals surface area contributed by atoms with E-state index in [0.29, 0.717) is 17.5 Å². The molecule has 2 heterocycles. The van der Waals surface area contributed by atoms with Crippen molar-refractivity contribution in [3.8, 4) is 5.75 Å². The summed E-state index contributed by atoms with van der Waals surface area (Å²) in [6.07, 6.45) is 1.76. The number of rotatable bonds is 8. The Bertz CT molecular complexity index is 1720. The van der Waals surface area contributed by atoms with Gasteiger partial charge < -0.3 is 25.1 Å². The quantitative estimate of drug-likeness (QED) is 0.385. The van der Waals surface area contributed by atoms with Gasteiger partial charge in [0.05, 0.1) is 23.0 Å². The normalized spacial score (nSPS) is 18.7. The van der Waals surface area contributed by atoms with Crippen molar-refractivity contribution in [1.29, 1.82) is 0 Å². The number of anilines is 1. The van der Waals surface area contributed by atoms with Crippen LogP contribution in [0, 0.1) is 0 Å². The number of amides is 3.